The minimum Gasteiger partial charge on any atom is -0.492 e. The summed E-state index contributed by atoms with van der Waals surface area (Å²) in [5.41, 5.74) is 2.50. The van der Waals surface area contributed by atoms with Gasteiger partial charge in [-0.25, -0.2) is 0 Å². The quantitative estimate of drug-likeness (QED) is 0.768. The van der Waals surface area contributed by atoms with Crippen LogP contribution in [0.2, 0.25) is 0 Å². The Morgan fingerprint density at radius 1 is 1.18 bits per heavy atom. The second-order valence-electron chi connectivity index (χ2n) is 6.99. The van der Waals surface area contributed by atoms with Crippen LogP contribution in [0.15, 0.2) is 18.2 Å². The topological polar surface area (TPSA) is 15.7 Å². The molecule has 3 nitrogen and oxygen atoms in total. The maximum absolute atomic E-state index is 5.98. The van der Waals surface area contributed by atoms with Crippen molar-refractivity contribution in [3.63, 3.8) is 0 Å². The third-order valence-electron chi connectivity index (χ3n) is 4.70. The maximum atomic E-state index is 5.98. The third kappa shape index (κ3) is 5.62. The van der Waals surface area contributed by atoms with Gasteiger partial charge >= 0.3 is 0 Å². The Balaban J connectivity index is 1.65. The van der Waals surface area contributed by atoms with E-state index in [0.717, 1.165) is 24.8 Å². The lowest BCUT2D eigenvalue weighted by Crippen LogP contribution is -2.37. The van der Waals surface area contributed by atoms with Crippen LogP contribution >= 0.6 is 0 Å². The highest BCUT2D eigenvalue weighted by Crippen LogP contribution is 2.21. The Bertz CT molecular complexity index is 451. The lowest BCUT2D eigenvalue weighted by molar-refractivity contribution is 0.147. The lowest BCUT2D eigenvalue weighted by atomic mass is 9.93. The van der Waals surface area contributed by atoms with Crippen molar-refractivity contribution in [3.8, 4) is 5.75 Å². The molecule has 1 aliphatic heterocycles. The van der Waals surface area contributed by atoms with E-state index in [9.17, 15) is 0 Å². The number of hydrogen-bond donors (Lipinski definition) is 0. The van der Waals surface area contributed by atoms with E-state index in [0.29, 0.717) is 0 Å². The zero-order chi connectivity index (χ0) is 15.9. The van der Waals surface area contributed by atoms with Crippen LogP contribution in [-0.4, -0.2) is 56.7 Å². The molecule has 0 atom stereocenters. The van der Waals surface area contributed by atoms with E-state index in [-0.39, 0.29) is 0 Å². The van der Waals surface area contributed by atoms with Crippen LogP contribution < -0.4 is 4.74 Å². The Hall–Kier alpha value is -1.06. The summed E-state index contributed by atoms with van der Waals surface area (Å²) in [6.07, 6.45) is 4.04. The molecule has 1 aromatic carbocycles. The smallest absolute Gasteiger partial charge is 0.122 e. The highest BCUT2D eigenvalue weighted by Gasteiger charge is 2.18. The normalized spacial score (nSPS) is 17.1. The van der Waals surface area contributed by atoms with Gasteiger partial charge < -0.3 is 9.64 Å². The van der Waals surface area contributed by atoms with Gasteiger partial charge in [0.25, 0.3) is 0 Å². The van der Waals surface area contributed by atoms with Crippen molar-refractivity contribution in [2.75, 3.05) is 46.9 Å². The monoisotopic (exact) mass is 304 g/mol. The van der Waals surface area contributed by atoms with Crippen molar-refractivity contribution in [3.05, 3.63) is 29.3 Å². The maximum Gasteiger partial charge on any atom is 0.122 e. The molecule has 124 valence electrons. The van der Waals surface area contributed by atoms with Gasteiger partial charge in [0.15, 0.2) is 0 Å². The summed E-state index contributed by atoms with van der Waals surface area (Å²) >= 11 is 0. The van der Waals surface area contributed by atoms with Gasteiger partial charge in [-0.2, -0.15) is 0 Å². The average molecular weight is 304 g/mol. The zero-order valence-electron chi connectivity index (χ0n) is 14.8. The van der Waals surface area contributed by atoms with E-state index in [4.69, 9.17) is 4.74 Å². The third-order valence-corrected chi connectivity index (χ3v) is 4.70. The average Bonchev–Trinajstić information content (AvgIpc) is 2.50. The standard InChI is InChI=1S/C19H32N2O/c1-16-5-6-17(2)19(15-16)22-14-13-21-11-8-18(9-12-21)7-10-20(3)4/h5-6,15,18H,7-14H2,1-4H3. The number of hydrogen-bond acceptors (Lipinski definition) is 3. The highest BCUT2D eigenvalue weighted by atomic mass is 16.5. The number of rotatable bonds is 7. The molecule has 0 spiro atoms. The summed E-state index contributed by atoms with van der Waals surface area (Å²) in [4.78, 5) is 4.85. The van der Waals surface area contributed by atoms with Crippen molar-refractivity contribution < 1.29 is 4.74 Å². The van der Waals surface area contributed by atoms with Crippen LogP contribution in [0.4, 0.5) is 0 Å². The van der Waals surface area contributed by atoms with Gasteiger partial charge in [0.2, 0.25) is 0 Å². The van der Waals surface area contributed by atoms with Gasteiger partial charge in [-0.15, -0.1) is 0 Å². The first-order valence-corrected chi connectivity index (χ1v) is 8.61. The van der Waals surface area contributed by atoms with Crippen LogP contribution in [0.25, 0.3) is 0 Å². The number of nitrogens with zero attached hydrogens (tertiary/aromatic N) is 2. The summed E-state index contributed by atoms with van der Waals surface area (Å²) < 4.78 is 5.98. The number of aryl methyl sites for hydroxylation is 2. The molecule has 1 aliphatic rings. The fraction of sp³-hybridized carbons (Fsp3) is 0.684. The van der Waals surface area contributed by atoms with Crippen molar-refractivity contribution in [1.82, 2.24) is 9.80 Å². The number of piperidine rings is 1. The molecule has 0 aromatic heterocycles. The van der Waals surface area contributed by atoms with Crippen LogP contribution in [0.3, 0.4) is 0 Å². The molecule has 0 amide bonds. The Kier molecular flexibility index (Phi) is 6.71. The molecular formula is C19H32N2O. The zero-order valence-corrected chi connectivity index (χ0v) is 14.8. The summed E-state index contributed by atoms with van der Waals surface area (Å²) in [6.45, 7) is 9.76. The van der Waals surface area contributed by atoms with E-state index in [2.05, 4.69) is 55.9 Å². The van der Waals surface area contributed by atoms with Crippen LogP contribution in [0.1, 0.15) is 30.4 Å². The number of likely N-dealkylation sites (tertiary alicyclic amines) is 1. The fourth-order valence-corrected chi connectivity index (χ4v) is 3.09. The van der Waals surface area contributed by atoms with E-state index in [1.165, 1.54) is 50.0 Å². The second-order valence-corrected chi connectivity index (χ2v) is 6.99. The van der Waals surface area contributed by atoms with Gasteiger partial charge in [-0.3, -0.25) is 4.90 Å². The van der Waals surface area contributed by atoms with Crippen molar-refractivity contribution in [2.45, 2.75) is 33.1 Å². The molecule has 0 radical (unpaired) electrons. The van der Waals surface area contributed by atoms with Crippen molar-refractivity contribution in [1.29, 1.82) is 0 Å². The van der Waals surface area contributed by atoms with Crippen molar-refractivity contribution in [2.24, 2.45) is 5.92 Å². The largest absolute Gasteiger partial charge is 0.492 e. The Morgan fingerprint density at radius 3 is 2.59 bits per heavy atom. The lowest BCUT2D eigenvalue weighted by Gasteiger charge is -2.32. The first kappa shape index (κ1) is 17.3. The number of benzene rings is 1. The number of ether oxygens (including phenoxy) is 1. The molecule has 1 aromatic rings. The van der Waals surface area contributed by atoms with Gasteiger partial charge in [0, 0.05) is 6.54 Å². The van der Waals surface area contributed by atoms with Gasteiger partial charge in [0.1, 0.15) is 12.4 Å². The van der Waals surface area contributed by atoms with E-state index >= 15 is 0 Å². The van der Waals surface area contributed by atoms with Crippen LogP contribution in [0, 0.1) is 19.8 Å². The van der Waals surface area contributed by atoms with Crippen LogP contribution in [0.5, 0.6) is 5.75 Å². The molecule has 0 aliphatic carbocycles. The molecule has 2 rings (SSSR count). The first-order chi connectivity index (χ1) is 10.5. The highest BCUT2D eigenvalue weighted by molar-refractivity contribution is 5.35. The first-order valence-electron chi connectivity index (χ1n) is 8.61. The van der Waals surface area contributed by atoms with E-state index in [1.54, 1.807) is 0 Å². The van der Waals surface area contributed by atoms with Gasteiger partial charge in [-0.1, -0.05) is 12.1 Å². The summed E-state index contributed by atoms with van der Waals surface area (Å²) in [6, 6.07) is 6.42. The predicted octanol–water partition coefficient (Wildman–Crippen LogP) is 3.35. The molecule has 1 saturated heterocycles. The fourth-order valence-electron chi connectivity index (χ4n) is 3.09. The second kappa shape index (κ2) is 8.54. The SMILES string of the molecule is Cc1ccc(C)c(OCCN2CCC(CCN(C)C)CC2)c1. The van der Waals surface area contributed by atoms with E-state index < -0.39 is 0 Å². The Morgan fingerprint density at radius 2 is 1.91 bits per heavy atom. The molecule has 0 unspecified atom stereocenters. The van der Waals surface area contributed by atoms with Gasteiger partial charge in [0.05, 0.1) is 0 Å². The van der Waals surface area contributed by atoms with Crippen molar-refractivity contribution >= 4 is 0 Å². The molecule has 1 heterocycles. The molecule has 0 saturated carbocycles. The minimum atomic E-state index is 0.798. The molecule has 22 heavy (non-hydrogen) atoms. The van der Waals surface area contributed by atoms with Gasteiger partial charge in [-0.05, 0) is 90.0 Å². The molecular weight excluding hydrogens is 272 g/mol. The predicted molar refractivity (Wildman–Crippen MR) is 93.7 cm³/mol. The molecule has 0 bridgehead atoms. The summed E-state index contributed by atoms with van der Waals surface area (Å²) in [5.74, 6) is 1.96. The minimum absolute atomic E-state index is 0.798. The Labute approximate surface area is 136 Å². The van der Waals surface area contributed by atoms with E-state index in [1.807, 2.05) is 0 Å². The molecule has 3 heteroatoms. The summed E-state index contributed by atoms with van der Waals surface area (Å²) in [7, 11) is 4.33. The summed E-state index contributed by atoms with van der Waals surface area (Å²) in [5, 5.41) is 0. The van der Waals surface area contributed by atoms with Crippen LogP contribution in [-0.2, 0) is 0 Å². The molecule has 1 fully saturated rings. The molecule has 0 N–H and O–H groups in total.